The number of fused-ring (bicyclic) bond motifs is 1. The van der Waals surface area contributed by atoms with Crippen LogP contribution >= 0.6 is 11.6 Å². The number of hydrogen-bond acceptors (Lipinski definition) is 4. The third-order valence-electron chi connectivity index (χ3n) is 4.97. The highest BCUT2D eigenvalue weighted by molar-refractivity contribution is 6.33. The van der Waals surface area contributed by atoms with Gasteiger partial charge in [0.1, 0.15) is 11.6 Å². The Morgan fingerprint density at radius 1 is 1.17 bits per heavy atom. The summed E-state index contributed by atoms with van der Waals surface area (Å²) in [6.45, 7) is 3.83. The highest BCUT2D eigenvalue weighted by Crippen LogP contribution is 2.30. The smallest absolute Gasteiger partial charge is 0.231 e. The van der Waals surface area contributed by atoms with Gasteiger partial charge in [0.15, 0.2) is 5.65 Å². The van der Waals surface area contributed by atoms with Gasteiger partial charge in [-0.3, -0.25) is 4.79 Å². The molecule has 0 spiro atoms. The molecule has 0 saturated heterocycles. The van der Waals surface area contributed by atoms with Crippen LogP contribution in [0.25, 0.3) is 22.6 Å². The molecule has 0 aliphatic heterocycles. The number of halogens is 1. The summed E-state index contributed by atoms with van der Waals surface area (Å²) < 4.78 is 5.17. The Morgan fingerprint density at radius 3 is 2.67 bits per heavy atom. The van der Waals surface area contributed by atoms with Crippen molar-refractivity contribution in [3.05, 3.63) is 70.9 Å². The second kappa shape index (κ2) is 8.16. The van der Waals surface area contributed by atoms with Crippen molar-refractivity contribution < 1.29 is 9.53 Å². The number of ether oxygens (including phenoxy) is 1. The van der Waals surface area contributed by atoms with Crippen molar-refractivity contribution in [3.8, 4) is 17.1 Å². The molecule has 152 valence electrons. The number of benzene rings is 2. The van der Waals surface area contributed by atoms with E-state index < -0.39 is 0 Å². The lowest BCUT2D eigenvalue weighted by Crippen LogP contribution is -2.18. The van der Waals surface area contributed by atoms with Crippen molar-refractivity contribution in [2.45, 2.75) is 19.8 Å². The fourth-order valence-electron chi connectivity index (χ4n) is 3.21. The molecule has 0 aliphatic carbocycles. The van der Waals surface area contributed by atoms with Gasteiger partial charge in [0.25, 0.3) is 0 Å². The van der Waals surface area contributed by atoms with Crippen LogP contribution in [0.1, 0.15) is 24.0 Å². The van der Waals surface area contributed by atoms with Crippen molar-refractivity contribution in [1.82, 2.24) is 15.0 Å². The minimum atomic E-state index is -0.326. The number of methoxy groups -OCH3 is 1. The van der Waals surface area contributed by atoms with Crippen LogP contribution in [0.3, 0.4) is 0 Å². The van der Waals surface area contributed by atoms with Gasteiger partial charge in [0.2, 0.25) is 5.91 Å². The zero-order valence-electron chi connectivity index (χ0n) is 16.9. The molecule has 6 nitrogen and oxygen atoms in total. The van der Waals surface area contributed by atoms with E-state index in [4.69, 9.17) is 16.3 Å². The Hall–Kier alpha value is -3.38. The molecule has 1 atom stereocenters. The number of amides is 1. The van der Waals surface area contributed by atoms with Crippen molar-refractivity contribution in [2.75, 3.05) is 12.4 Å². The number of H-pyrrole nitrogens is 1. The molecule has 0 radical (unpaired) electrons. The molecule has 2 heterocycles. The summed E-state index contributed by atoms with van der Waals surface area (Å²) in [5, 5.41) is 3.50. The monoisotopic (exact) mass is 420 g/mol. The first-order chi connectivity index (χ1) is 14.4. The first kappa shape index (κ1) is 19.9. The van der Waals surface area contributed by atoms with E-state index in [9.17, 15) is 4.79 Å². The lowest BCUT2D eigenvalue weighted by molar-refractivity contribution is -0.117. The van der Waals surface area contributed by atoms with Gasteiger partial charge in [-0.05, 0) is 61.4 Å². The molecule has 7 heteroatoms. The summed E-state index contributed by atoms with van der Waals surface area (Å²) in [7, 11) is 1.61. The number of hydrogen-bond donors (Lipinski definition) is 2. The average Bonchev–Trinajstić information content (AvgIpc) is 3.17. The van der Waals surface area contributed by atoms with E-state index in [1.807, 2.05) is 50.2 Å². The van der Waals surface area contributed by atoms with E-state index in [0.717, 1.165) is 22.4 Å². The number of nitrogens with zero attached hydrogens (tertiary/aromatic N) is 2. The van der Waals surface area contributed by atoms with Crippen molar-refractivity contribution in [1.29, 1.82) is 0 Å². The Kier molecular flexibility index (Phi) is 5.42. The third-order valence-corrected chi connectivity index (χ3v) is 5.30. The van der Waals surface area contributed by atoms with Gasteiger partial charge >= 0.3 is 0 Å². The Balaban J connectivity index is 1.58. The fourth-order valence-corrected chi connectivity index (χ4v) is 3.42. The lowest BCUT2D eigenvalue weighted by atomic mass is 10.00. The predicted molar refractivity (Wildman–Crippen MR) is 119 cm³/mol. The highest BCUT2D eigenvalue weighted by atomic mass is 35.5. The number of aryl methyl sites for hydroxylation is 1. The topological polar surface area (TPSA) is 79.9 Å². The number of pyridine rings is 1. The maximum absolute atomic E-state index is 12.8. The maximum Gasteiger partial charge on any atom is 0.231 e. The number of aromatic nitrogens is 3. The Bertz CT molecular complexity index is 1220. The Labute approximate surface area is 179 Å². The van der Waals surface area contributed by atoms with Crippen LogP contribution in [0.15, 0.2) is 54.7 Å². The molecular weight excluding hydrogens is 400 g/mol. The molecule has 2 aromatic carbocycles. The summed E-state index contributed by atoms with van der Waals surface area (Å²) in [5.74, 6) is 0.917. The first-order valence-corrected chi connectivity index (χ1v) is 9.89. The molecule has 0 saturated carbocycles. The zero-order chi connectivity index (χ0) is 21.3. The van der Waals surface area contributed by atoms with Crippen LogP contribution in [0, 0.1) is 6.92 Å². The zero-order valence-corrected chi connectivity index (χ0v) is 17.6. The molecule has 0 bridgehead atoms. The summed E-state index contributed by atoms with van der Waals surface area (Å²) in [5.41, 5.74) is 4.74. The number of imidazole rings is 1. The highest BCUT2D eigenvalue weighted by Gasteiger charge is 2.17. The van der Waals surface area contributed by atoms with E-state index in [0.29, 0.717) is 27.7 Å². The van der Waals surface area contributed by atoms with Gasteiger partial charge in [0.05, 0.1) is 23.6 Å². The summed E-state index contributed by atoms with van der Waals surface area (Å²) >= 11 is 6.41. The van der Waals surface area contributed by atoms with Crippen LogP contribution in [-0.4, -0.2) is 28.0 Å². The molecule has 30 heavy (non-hydrogen) atoms. The van der Waals surface area contributed by atoms with Crippen LogP contribution < -0.4 is 10.1 Å². The van der Waals surface area contributed by atoms with Crippen molar-refractivity contribution >= 4 is 34.4 Å². The second-order valence-corrected chi connectivity index (χ2v) is 7.56. The summed E-state index contributed by atoms with van der Waals surface area (Å²) in [6.07, 6.45) is 1.77. The number of aromatic amines is 1. The molecule has 0 fully saturated rings. The quantitative estimate of drug-likeness (QED) is 0.456. The fraction of sp³-hybridized carbons (Fsp3) is 0.174. The Morgan fingerprint density at radius 2 is 1.93 bits per heavy atom. The number of carbonyl (C=O) groups is 1. The molecular formula is C23H21ClN4O2. The molecule has 1 amide bonds. The SMILES string of the molecule is COc1ccc(C(C)C(=O)Nc2ccc(Cl)c(-c3nc4ncc(C)cc4[nH]3)c2)cc1. The van der Waals surface area contributed by atoms with Gasteiger partial charge in [-0.25, -0.2) is 9.97 Å². The molecule has 4 rings (SSSR count). The van der Waals surface area contributed by atoms with Crippen molar-refractivity contribution in [3.63, 3.8) is 0 Å². The number of anilines is 1. The van der Waals surface area contributed by atoms with Crippen LogP contribution in [0.4, 0.5) is 5.69 Å². The minimum absolute atomic E-state index is 0.115. The maximum atomic E-state index is 12.8. The van der Waals surface area contributed by atoms with Gasteiger partial charge in [0, 0.05) is 17.4 Å². The number of nitrogens with one attached hydrogen (secondary N) is 2. The van der Waals surface area contributed by atoms with Gasteiger partial charge in [-0.15, -0.1) is 0 Å². The predicted octanol–water partition coefficient (Wildman–Crippen LogP) is 5.34. The molecule has 2 N–H and O–H groups in total. The van der Waals surface area contributed by atoms with Gasteiger partial charge in [-0.2, -0.15) is 0 Å². The van der Waals surface area contributed by atoms with E-state index in [1.165, 1.54) is 0 Å². The van der Waals surface area contributed by atoms with Gasteiger partial charge in [-0.1, -0.05) is 23.7 Å². The number of rotatable bonds is 5. The largest absolute Gasteiger partial charge is 0.497 e. The third kappa shape index (κ3) is 4.00. The van der Waals surface area contributed by atoms with Crippen LogP contribution in [0.2, 0.25) is 5.02 Å². The lowest BCUT2D eigenvalue weighted by Gasteiger charge is -2.14. The van der Waals surface area contributed by atoms with Crippen LogP contribution in [0.5, 0.6) is 5.75 Å². The van der Waals surface area contributed by atoms with E-state index in [1.54, 1.807) is 25.4 Å². The van der Waals surface area contributed by atoms with E-state index in [-0.39, 0.29) is 11.8 Å². The molecule has 0 aliphatic rings. The first-order valence-electron chi connectivity index (χ1n) is 9.51. The molecule has 1 unspecified atom stereocenters. The normalized spacial score (nSPS) is 12.0. The minimum Gasteiger partial charge on any atom is -0.497 e. The summed E-state index contributed by atoms with van der Waals surface area (Å²) in [4.78, 5) is 24.9. The van der Waals surface area contributed by atoms with Crippen molar-refractivity contribution in [2.24, 2.45) is 0 Å². The number of carbonyl (C=O) groups excluding carboxylic acids is 1. The molecule has 2 aromatic heterocycles. The standard InChI is InChI=1S/C23H21ClN4O2/c1-13-10-20-22(25-12-13)28-21(27-20)18-11-16(6-9-19(18)24)26-23(29)14(2)15-4-7-17(30-3)8-5-15/h4-12,14H,1-3H3,(H,26,29)(H,25,27,28). The second-order valence-electron chi connectivity index (χ2n) is 7.15. The summed E-state index contributed by atoms with van der Waals surface area (Å²) in [6, 6.07) is 14.8. The van der Waals surface area contributed by atoms with Gasteiger partial charge < -0.3 is 15.0 Å². The van der Waals surface area contributed by atoms with Crippen LogP contribution in [-0.2, 0) is 4.79 Å². The van der Waals surface area contributed by atoms with E-state index in [2.05, 4.69) is 20.3 Å². The van der Waals surface area contributed by atoms with E-state index >= 15 is 0 Å². The average molecular weight is 421 g/mol. The molecule has 4 aromatic rings.